The highest BCUT2D eigenvalue weighted by molar-refractivity contribution is 5.93. The summed E-state index contributed by atoms with van der Waals surface area (Å²) in [5.74, 6) is 1.22. The molecule has 1 aromatic carbocycles. The van der Waals surface area contributed by atoms with Crippen LogP contribution < -0.4 is 20.5 Å². The van der Waals surface area contributed by atoms with Gasteiger partial charge in [-0.15, -0.1) is 0 Å². The molecule has 0 aromatic heterocycles. The Morgan fingerprint density at radius 1 is 1.16 bits per heavy atom. The molecule has 1 aromatic rings. The number of imide groups is 1. The average molecular weight is 347 g/mol. The molecule has 3 amide bonds. The van der Waals surface area contributed by atoms with E-state index in [-0.39, 0.29) is 12.3 Å². The fraction of sp³-hybridized carbons (Fsp3) is 0.556. The highest BCUT2D eigenvalue weighted by Gasteiger charge is 2.24. The van der Waals surface area contributed by atoms with E-state index in [1.807, 2.05) is 18.2 Å². The van der Waals surface area contributed by atoms with E-state index >= 15 is 0 Å². The zero-order valence-corrected chi connectivity index (χ0v) is 14.3. The predicted molar refractivity (Wildman–Crippen MR) is 92.4 cm³/mol. The monoisotopic (exact) mass is 347 g/mol. The van der Waals surface area contributed by atoms with Crippen molar-refractivity contribution in [3.63, 3.8) is 0 Å². The molecule has 1 saturated carbocycles. The molecular weight excluding hydrogens is 322 g/mol. The number of carbonyl (C=O) groups is 2. The lowest BCUT2D eigenvalue weighted by atomic mass is 10.1. The summed E-state index contributed by atoms with van der Waals surface area (Å²) in [4.78, 5) is 24.8. The van der Waals surface area contributed by atoms with Crippen molar-refractivity contribution >= 4 is 11.9 Å². The van der Waals surface area contributed by atoms with Crippen LogP contribution in [0.3, 0.4) is 0 Å². The summed E-state index contributed by atoms with van der Waals surface area (Å²) in [5.41, 5.74) is 6.13. The largest absolute Gasteiger partial charge is 0.486 e. The number of hydrogen-bond acceptors (Lipinski definition) is 5. The minimum absolute atomic E-state index is 0.254. The smallest absolute Gasteiger partial charge is 0.318 e. The fourth-order valence-electron chi connectivity index (χ4n) is 3.53. The number of nitrogens with zero attached hydrogens (tertiary/aromatic N) is 1. The van der Waals surface area contributed by atoms with E-state index in [9.17, 15) is 9.59 Å². The minimum Gasteiger partial charge on any atom is -0.486 e. The van der Waals surface area contributed by atoms with Gasteiger partial charge in [-0.05, 0) is 30.5 Å². The van der Waals surface area contributed by atoms with Gasteiger partial charge in [-0.2, -0.15) is 0 Å². The van der Waals surface area contributed by atoms with Gasteiger partial charge in [-0.3, -0.25) is 15.0 Å². The first-order valence-electron chi connectivity index (χ1n) is 8.83. The Morgan fingerprint density at radius 3 is 2.60 bits per heavy atom. The van der Waals surface area contributed by atoms with Crippen LogP contribution in [0.1, 0.15) is 37.7 Å². The molecule has 0 bridgehead atoms. The van der Waals surface area contributed by atoms with E-state index in [0.717, 1.165) is 36.4 Å². The van der Waals surface area contributed by atoms with Gasteiger partial charge >= 0.3 is 6.03 Å². The highest BCUT2D eigenvalue weighted by atomic mass is 16.6. The lowest BCUT2D eigenvalue weighted by molar-refractivity contribution is -0.120. The molecule has 3 rings (SSSR count). The summed E-state index contributed by atoms with van der Waals surface area (Å²) in [6.07, 6.45) is 4.97. The van der Waals surface area contributed by atoms with E-state index in [0.29, 0.717) is 25.8 Å². The fourth-order valence-corrected chi connectivity index (χ4v) is 3.53. The first-order chi connectivity index (χ1) is 12.1. The van der Waals surface area contributed by atoms with E-state index in [1.165, 1.54) is 12.8 Å². The number of rotatable bonds is 6. The molecule has 0 saturated heterocycles. The molecule has 2 aliphatic rings. The van der Waals surface area contributed by atoms with E-state index in [4.69, 9.17) is 15.2 Å². The zero-order valence-electron chi connectivity index (χ0n) is 14.3. The van der Waals surface area contributed by atoms with Crippen LogP contribution in [0.2, 0.25) is 0 Å². The number of urea groups is 1. The molecule has 1 aliphatic carbocycles. The van der Waals surface area contributed by atoms with Crippen molar-refractivity contribution in [2.45, 2.75) is 44.7 Å². The van der Waals surface area contributed by atoms with E-state index in [2.05, 4.69) is 10.2 Å². The molecule has 1 heterocycles. The maximum absolute atomic E-state index is 11.7. The maximum atomic E-state index is 11.7. The summed E-state index contributed by atoms with van der Waals surface area (Å²) in [6.45, 7) is 2.48. The van der Waals surface area contributed by atoms with Gasteiger partial charge in [0, 0.05) is 25.6 Å². The van der Waals surface area contributed by atoms with Crippen LogP contribution in [0.15, 0.2) is 18.2 Å². The minimum atomic E-state index is -0.802. The molecule has 1 fully saturated rings. The van der Waals surface area contributed by atoms with Gasteiger partial charge in [0.2, 0.25) is 5.91 Å². The van der Waals surface area contributed by atoms with Crippen LogP contribution in [-0.2, 0) is 11.3 Å². The van der Waals surface area contributed by atoms with Crippen molar-refractivity contribution < 1.29 is 19.1 Å². The molecule has 0 unspecified atom stereocenters. The molecule has 136 valence electrons. The summed E-state index contributed by atoms with van der Waals surface area (Å²) in [7, 11) is 0. The number of ether oxygens (including phenoxy) is 2. The quantitative estimate of drug-likeness (QED) is 0.818. The molecule has 0 radical (unpaired) electrons. The number of nitrogens with one attached hydrogen (secondary N) is 1. The van der Waals surface area contributed by atoms with Crippen molar-refractivity contribution in [1.82, 2.24) is 10.2 Å². The van der Waals surface area contributed by atoms with Crippen molar-refractivity contribution in [3.05, 3.63) is 23.8 Å². The van der Waals surface area contributed by atoms with Crippen molar-refractivity contribution in [2.75, 3.05) is 19.8 Å². The van der Waals surface area contributed by atoms with Crippen molar-refractivity contribution in [2.24, 2.45) is 5.73 Å². The molecule has 0 atom stereocenters. The van der Waals surface area contributed by atoms with Crippen LogP contribution in [0.4, 0.5) is 4.79 Å². The van der Waals surface area contributed by atoms with Gasteiger partial charge in [0.1, 0.15) is 13.2 Å². The van der Waals surface area contributed by atoms with Crippen LogP contribution in [0, 0.1) is 0 Å². The second kappa shape index (κ2) is 8.20. The van der Waals surface area contributed by atoms with E-state index < -0.39 is 6.03 Å². The van der Waals surface area contributed by atoms with E-state index in [1.54, 1.807) is 0 Å². The van der Waals surface area contributed by atoms with Crippen LogP contribution in [-0.4, -0.2) is 42.6 Å². The third kappa shape index (κ3) is 4.85. The Balaban J connectivity index is 1.65. The predicted octanol–water partition coefficient (Wildman–Crippen LogP) is 1.79. The molecule has 3 N–H and O–H groups in total. The van der Waals surface area contributed by atoms with Gasteiger partial charge in [0.15, 0.2) is 11.5 Å². The number of primary amides is 1. The Bertz CT molecular complexity index is 629. The Morgan fingerprint density at radius 2 is 1.88 bits per heavy atom. The molecule has 0 spiro atoms. The third-order valence-electron chi connectivity index (χ3n) is 4.72. The topological polar surface area (TPSA) is 93.9 Å². The van der Waals surface area contributed by atoms with Crippen molar-refractivity contribution in [1.29, 1.82) is 0 Å². The number of fused-ring (bicyclic) bond motifs is 1. The lowest BCUT2D eigenvalue weighted by Crippen LogP contribution is -2.39. The Labute approximate surface area is 147 Å². The van der Waals surface area contributed by atoms with Gasteiger partial charge in [0.05, 0.1) is 0 Å². The lowest BCUT2D eigenvalue weighted by Gasteiger charge is -2.29. The number of nitrogens with two attached hydrogens (primary N) is 1. The van der Waals surface area contributed by atoms with Gasteiger partial charge in [-0.25, -0.2) is 4.79 Å². The first kappa shape index (κ1) is 17.5. The zero-order chi connectivity index (χ0) is 17.6. The van der Waals surface area contributed by atoms with Crippen molar-refractivity contribution in [3.8, 4) is 11.5 Å². The molecule has 1 aliphatic heterocycles. The van der Waals surface area contributed by atoms with Crippen LogP contribution >= 0.6 is 0 Å². The summed E-state index contributed by atoms with van der Waals surface area (Å²) in [6, 6.07) is 5.66. The molecule has 7 nitrogen and oxygen atoms in total. The third-order valence-corrected chi connectivity index (χ3v) is 4.72. The van der Waals surface area contributed by atoms with Crippen LogP contribution in [0.25, 0.3) is 0 Å². The van der Waals surface area contributed by atoms with Gasteiger partial charge in [-0.1, -0.05) is 18.9 Å². The second-order valence-corrected chi connectivity index (χ2v) is 6.55. The van der Waals surface area contributed by atoms with Gasteiger partial charge in [0.25, 0.3) is 0 Å². The number of hydrogen-bond donors (Lipinski definition) is 2. The summed E-state index contributed by atoms with van der Waals surface area (Å²) in [5, 5.41) is 2.13. The first-order valence-corrected chi connectivity index (χ1v) is 8.83. The number of amides is 3. The standard InChI is InChI=1S/C18H25N3O4/c19-18(23)20-17(22)7-8-21(14-3-1-2-4-14)12-13-5-6-15-16(11-13)25-10-9-24-15/h5-6,11,14H,1-4,7-10,12H2,(H3,19,20,22,23). The SMILES string of the molecule is NC(=O)NC(=O)CCN(Cc1ccc2c(c1)OCCO2)C1CCCC1. The normalized spacial score (nSPS) is 16.8. The Hall–Kier alpha value is -2.28. The molecular formula is C18H25N3O4. The maximum Gasteiger partial charge on any atom is 0.318 e. The van der Waals surface area contributed by atoms with Gasteiger partial charge < -0.3 is 15.2 Å². The average Bonchev–Trinajstić information content (AvgIpc) is 3.12. The number of benzene rings is 1. The second-order valence-electron chi connectivity index (χ2n) is 6.55. The van der Waals surface area contributed by atoms with Crippen LogP contribution in [0.5, 0.6) is 11.5 Å². The molecule has 25 heavy (non-hydrogen) atoms. The highest BCUT2D eigenvalue weighted by Crippen LogP contribution is 2.32. The summed E-state index contributed by atoms with van der Waals surface area (Å²) < 4.78 is 11.2. The number of carbonyl (C=O) groups excluding carboxylic acids is 2. The Kier molecular flexibility index (Phi) is 5.75. The summed E-state index contributed by atoms with van der Waals surface area (Å²) >= 11 is 0. The molecule has 7 heteroatoms.